The first-order valence-corrected chi connectivity index (χ1v) is 6.54. The van der Waals surface area contributed by atoms with Crippen LogP contribution >= 0.6 is 0 Å². The summed E-state index contributed by atoms with van der Waals surface area (Å²) >= 11 is 0. The second kappa shape index (κ2) is 5.58. The van der Waals surface area contributed by atoms with Gasteiger partial charge in [0.1, 0.15) is 5.56 Å². The molecule has 1 aromatic carbocycles. The molecule has 0 bridgehead atoms. The third kappa shape index (κ3) is 2.67. The lowest BCUT2D eigenvalue weighted by Crippen LogP contribution is -2.28. The molecule has 5 heteroatoms. The molecule has 2 aromatic heterocycles. The minimum Gasteiger partial charge on any atom is -0.360 e. The summed E-state index contributed by atoms with van der Waals surface area (Å²) in [5.41, 5.74) is 1.28. The number of carbonyl (C=O) groups is 1. The van der Waals surface area contributed by atoms with Crippen molar-refractivity contribution in [2.75, 3.05) is 0 Å². The van der Waals surface area contributed by atoms with E-state index in [0.717, 1.165) is 5.69 Å². The zero-order chi connectivity index (χ0) is 14.7. The average Bonchev–Trinajstić information content (AvgIpc) is 2.54. The Bertz CT molecular complexity index is 841. The van der Waals surface area contributed by atoms with Crippen LogP contribution in [0.4, 0.5) is 0 Å². The van der Waals surface area contributed by atoms with Gasteiger partial charge in [-0.25, -0.2) is 0 Å². The highest BCUT2D eigenvalue weighted by molar-refractivity contribution is 5.97. The number of carbonyl (C=O) groups excluding carboxylic acids is 1. The molecule has 1 amide bonds. The van der Waals surface area contributed by atoms with Crippen LogP contribution in [0.25, 0.3) is 10.9 Å². The molecule has 0 saturated carbocycles. The normalized spacial score (nSPS) is 10.5. The number of pyridine rings is 2. The molecular weight excluding hydrogens is 266 g/mol. The van der Waals surface area contributed by atoms with Gasteiger partial charge in [-0.2, -0.15) is 0 Å². The van der Waals surface area contributed by atoms with Crippen molar-refractivity contribution >= 4 is 16.8 Å². The Hall–Kier alpha value is -2.95. The number of hydrogen-bond donors (Lipinski definition) is 2. The Morgan fingerprint density at radius 1 is 1.14 bits per heavy atom. The predicted molar refractivity (Wildman–Crippen MR) is 80.0 cm³/mol. The van der Waals surface area contributed by atoms with E-state index in [9.17, 15) is 9.59 Å². The quantitative estimate of drug-likeness (QED) is 0.768. The zero-order valence-corrected chi connectivity index (χ0v) is 11.2. The van der Waals surface area contributed by atoms with Crippen LogP contribution in [0.1, 0.15) is 16.1 Å². The Morgan fingerprint density at radius 2 is 1.95 bits per heavy atom. The first kappa shape index (κ1) is 13.1. The fourth-order valence-electron chi connectivity index (χ4n) is 2.10. The van der Waals surface area contributed by atoms with E-state index in [-0.39, 0.29) is 17.5 Å². The largest absolute Gasteiger partial charge is 0.360 e. The topological polar surface area (TPSA) is 74.8 Å². The van der Waals surface area contributed by atoms with Crippen LogP contribution in [0, 0.1) is 0 Å². The number of amides is 1. The molecule has 5 nitrogen and oxygen atoms in total. The van der Waals surface area contributed by atoms with Crippen LogP contribution < -0.4 is 10.7 Å². The molecule has 0 radical (unpaired) electrons. The molecule has 0 fully saturated rings. The highest BCUT2D eigenvalue weighted by Crippen LogP contribution is 2.07. The van der Waals surface area contributed by atoms with Gasteiger partial charge in [0, 0.05) is 23.3 Å². The van der Waals surface area contributed by atoms with Crippen molar-refractivity contribution in [3.63, 3.8) is 0 Å². The van der Waals surface area contributed by atoms with Crippen LogP contribution in [0.15, 0.2) is 59.7 Å². The van der Waals surface area contributed by atoms with Crippen LogP contribution in [0.2, 0.25) is 0 Å². The summed E-state index contributed by atoms with van der Waals surface area (Å²) < 4.78 is 0. The SMILES string of the molecule is O=C(NCc1ccccn1)c1c[nH]c2ccccc2c1=O. The molecule has 0 atom stereocenters. The van der Waals surface area contributed by atoms with E-state index in [2.05, 4.69) is 15.3 Å². The van der Waals surface area contributed by atoms with Gasteiger partial charge in [-0.05, 0) is 24.3 Å². The van der Waals surface area contributed by atoms with Gasteiger partial charge < -0.3 is 10.3 Å². The minimum absolute atomic E-state index is 0.102. The lowest BCUT2D eigenvalue weighted by atomic mass is 10.1. The van der Waals surface area contributed by atoms with Crippen molar-refractivity contribution < 1.29 is 4.79 Å². The molecule has 0 unspecified atom stereocenters. The van der Waals surface area contributed by atoms with Gasteiger partial charge in [-0.1, -0.05) is 18.2 Å². The Balaban J connectivity index is 1.85. The third-order valence-corrected chi connectivity index (χ3v) is 3.19. The van der Waals surface area contributed by atoms with E-state index in [1.54, 1.807) is 30.5 Å². The first-order chi connectivity index (χ1) is 10.3. The van der Waals surface area contributed by atoms with E-state index in [4.69, 9.17) is 0 Å². The van der Waals surface area contributed by atoms with Gasteiger partial charge in [0.15, 0.2) is 0 Å². The maximum atomic E-state index is 12.3. The van der Waals surface area contributed by atoms with Crippen molar-refractivity contribution in [3.05, 3.63) is 76.3 Å². The molecule has 2 heterocycles. The van der Waals surface area contributed by atoms with E-state index in [0.29, 0.717) is 10.9 Å². The summed E-state index contributed by atoms with van der Waals surface area (Å²) in [6, 6.07) is 12.6. The Labute approximate surface area is 120 Å². The third-order valence-electron chi connectivity index (χ3n) is 3.19. The Kier molecular flexibility index (Phi) is 3.47. The monoisotopic (exact) mass is 279 g/mol. The van der Waals surface area contributed by atoms with Gasteiger partial charge in [-0.15, -0.1) is 0 Å². The molecule has 21 heavy (non-hydrogen) atoms. The number of nitrogens with one attached hydrogen (secondary N) is 2. The average molecular weight is 279 g/mol. The number of fused-ring (bicyclic) bond motifs is 1. The van der Waals surface area contributed by atoms with Crippen LogP contribution in [0.5, 0.6) is 0 Å². The number of rotatable bonds is 3. The minimum atomic E-state index is -0.410. The number of aromatic nitrogens is 2. The lowest BCUT2D eigenvalue weighted by molar-refractivity contribution is 0.0949. The summed E-state index contributed by atoms with van der Waals surface area (Å²) in [6.07, 6.45) is 3.10. The molecular formula is C16H13N3O2. The molecule has 0 aliphatic rings. The van der Waals surface area contributed by atoms with E-state index in [1.165, 1.54) is 6.20 Å². The summed E-state index contributed by atoms with van der Waals surface area (Å²) in [7, 11) is 0. The summed E-state index contributed by atoms with van der Waals surface area (Å²) in [4.78, 5) is 31.5. The highest BCUT2D eigenvalue weighted by Gasteiger charge is 2.12. The van der Waals surface area contributed by atoms with Crippen molar-refractivity contribution in [1.29, 1.82) is 0 Å². The lowest BCUT2D eigenvalue weighted by Gasteiger charge is -2.05. The molecule has 0 aliphatic carbocycles. The fraction of sp³-hybridized carbons (Fsp3) is 0.0625. The highest BCUT2D eigenvalue weighted by atomic mass is 16.2. The molecule has 104 valence electrons. The van der Waals surface area contributed by atoms with Crippen molar-refractivity contribution in [2.45, 2.75) is 6.54 Å². The maximum absolute atomic E-state index is 12.3. The second-order valence-electron chi connectivity index (χ2n) is 4.58. The molecule has 0 spiro atoms. The van der Waals surface area contributed by atoms with Crippen LogP contribution in [0.3, 0.4) is 0 Å². The maximum Gasteiger partial charge on any atom is 0.257 e. The van der Waals surface area contributed by atoms with Crippen molar-refractivity contribution in [1.82, 2.24) is 15.3 Å². The van der Waals surface area contributed by atoms with Crippen LogP contribution in [-0.2, 0) is 6.54 Å². The van der Waals surface area contributed by atoms with Gasteiger partial charge in [0.2, 0.25) is 5.43 Å². The van der Waals surface area contributed by atoms with Gasteiger partial charge in [-0.3, -0.25) is 14.6 Å². The summed E-state index contributed by atoms with van der Waals surface area (Å²) in [6.45, 7) is 0.284. The molecule has 0 aliphatic heterocycles. The van der Waals surface area contributed by atoms with E-state index in [1.807, 2.05) is 18.2 Å². The summed E-state index contributed by atoms with van der Waals surface area (Å²) in [5.74, 6) is -0.410. The van der Waals surface area contributed by atoms with E-state index >= 15 is 0 Å². The number of benzene rings is 1. The first-order valence-electron chi connectivity index (χ1n) is 6.54. The number of nitrogens with zero attached hydrogens (tertiary/aromatic N) is 1. The fourth-order valence-corrected chi connectivity index (χ4v) is 2.10. The number of aromatic amines is 1. The van der Waals surface area contributed by atoms with Crippen molar-refractivity contribution in [3.8, 4) is 0 Å². The standard InChI is InChI=1S/C16H13N3O2/c20-15-12-6-1-2-7-14(12)18-10-13(15)16(21)19-9-11-5-3-4-8-17-11/h1-8,10H,9H2,(H,18,20)(H,19,21). The van der Waals surface area contributed by atoms with Gasteiger partial charge >= 0.3 is 0 Å². The summed E-state index contributed by atoms with van der Waals surface area (Å²) in [5, 5.41) is 3.20. The number of hydrogen-bond acceptors (Lipinski definition) is 3. The molecule has 0 saturated heterocycles. The number of para-hydroxylation sites is 1. The number of H-pyrrole nitrogens is 1. The van der Waals surface area contributed by atoms with Crippen molar-refractivity contribution in [2.24, 2.45) is 0 Å². The molecule has 2 N–H and O–H groups in total. The molecule has 3 rings (SSSR count). The van der Waals surface area contributed by atoms with Gasteiger partial charge in [0.25, 0.3) is 5.91 Å². The zero-order valence-electron chi connectivity index (χ0n) is 11.2. The smallest absolute Gasteiger partial charge is 0.257 e. The van der Waals surface area contributed by atoms with E-state index < -0.39 is 5.91 Å². The molecule has 3 aromatic rings. The van der Waals surface area contributed by atoms with Gasteiger partial charge in [0.05, 0.1) is 12.2 Å². The second-order valence-corrected chi connectivity index (χ2v) is 4.58. The van der Waals surface area contributed by atoms with Crippen LogP contribution in [-0.4, -0.2) is 15.9 Å². The Morgan fingerprint density at radius 3 is 2.76 bits per heavy atom. The predicted octanol–water partition coefficient (Wildman–Crippen LogP) is 1.85.